The van der Waals surface area contributed by atoms with Gasteiger partial charge in [0.2, 0.25) is 0 Å². The van der Waals surface area contributed by atoms with Gasteiger partial charge < -0.3 is 15.0 Å². The van der Waals surface area contributed by atoms with Gasteiger partial charge in [-0.3, -0.25) is 9.67 Å². The molecule has 9 heteroatoms. The fourth-order valence-corrected chi connectivity index (χ4v) is 3.34. The monoisotopic (exact) mass is 506 g/mol. The molecule has 0 amide bonds. The molecule has 0 spiro atoms. The van der Waals surface area contributed by atoms with E-state index in [1.165, 1.54) is 0 Å². The predicted molar refractivity (Wildman–Crippen MR) is 122 cm³/mol. The molecular weight excluding hydrogens is 475 g/mol. The topological polar surface area (TPSA) is 67.6 Å². The summed E-state index contributed by atoms with van der Waals surface area (Å²) < 4.78 is 7.29. The van der Waals surface area contributed by atoms with Gasteiger partial charge in [0.25, 0.3) is 0 Å². The van der Waals surface area contributed by atoms with E-state index in [-0.39, 0.29) is 30.1 Å². The lowest BCUT2D eigenvalue weighted by molar-refractivity contribution is 0.119. The molecule has 1 N–H and O–H groups in total. The Hall–Kier alpha value is -1.20. The number of thiazole rings is 1. The van der Waals surface area contributed by atoms with Crippen LogP contribution in [0.4, 0.5) is 0 Å². The Morgan fingerprint density at radius 1 is 1.44 bits per heavy atom. The molecule has 0 aliphatic heterocycles. The van der Waals surface area contributed by atoms with Crippen LogP contribution >= 0.6 is 35.3 Å². The van der Waals surface area contributed by atoms with Gasteiger partial charge in [-0.05, 0) is 25.8 Å². The van der Waals surface area contributed by atoms with Gasteiger partial charge in [-0.25, -0.2) is 4.98 Å². The molecule has 0 bridgehead atoms. The number of guanidine groups is 1. The maximum absolute atomic E-state index is 5.34. The summed E-state index contributed by atoms with van der Waals surface area (Å²) in [4.78, 5) is 11.6. The van der Waals surface area contributed by atoms with Gasteiger partial charge in [-0.2, -0.15) is 5.10 Å². The summed E-state index contributed by atoms with van der Waals surface area (Å²) in [6, 6.07) is 1.94. The van der Waals surface area contributed by atoms with Crippen molar-refractivity contribution in [1.29, 1.82) is 0 Å². The van der Waals surface area contributed by atoms with E-state index < -0.39 is 0 Å². The number of ether oxygens (including phenoxy) is 1. The number of hydrogen-bond donors (Lipinski definition) is 1. The van der Waals surface area contributed by atoms with Gasteiger partial charge in [0.05, 0.1) is 12.2 Å². The summed E-state index contributed by atoms with van der Waals surface area (Å²) in [6.07, 6.45) is 3.82. The van der Waals surface area contributed by atoms with Crippen LogP contribution in [0.1, 0.15) is 37.6 Å². The molecule has 7 nitrogen and oxygen atoms in total. The molecule has 27 heavy (non-hydrogen) atoms. The van der Waals surface area contributed by atoms with E-state index in [0.717, 1.165) is 36.3 Å². The summed E-state index contributed by atoms with van der Waals surface area (Å²) in [6.45, 7) is 9.44. The molecule has 0 fully saturated rings. The largest absolute Gasteiger partial charge is 0.375 e. The predicted octanol–water partition coefficient (Wildman–Crippen LogP) is 3.40. The zero-order valence-corrected chi connectivity index (χ0v) is 19.9. The average Bonchev–Trinajstić information content (AvgIpc) is 3.29. The first-order valence-electron chi connectivity index (χ1n) is 8.97. The molecule has 0 saturated heterocycles. The first-order chi connectivity index (χ1) is 12.5. The van der Waals surface area contributed by atoms with E-state index in [4.69, 9.17) is 9.73 Å². The third kappa shape index (κ3) is 7.74. The highest BCUT2D eigenvalue weighted by molar-refractivity contribution is 14.0. The lowest BCUT2D eigenvalue weighted by Crippen LogP contribution is -2.39. The van der Waals surface area contributed by atoms with Gasteiger partial charge in [-0.1, -0.05) is 6.92 Å². The minimum absolute atomic E-state index is 0. The molecule has 0 radical (unpaired) electrons. The molecule has 2 unspecified atom stereocenters. The van der Waals surface area contributed by atoms with Gasteiger partial charge in [0, 0.05) is 51.6 Å². The smallest absolute Gasteiger partial charge is 0.194 e. The Morgan fingerprint density at radius 3 is 2.85 bits per heavy atom. The molecule has 2 aromatic rings. The third-order valence-corrected chi connectivity index (χ3v) is 5.03. The normalized spacial score (nSPS) is 13.7. The van der Waals surface area contributed by atoms with Crippen molar-refractivity contribution in [3.8, 4) is 0 Å². The van der Waals surface area contributed by atoms with E-state index in [2.05, 4.69) is 39.5 Å². The molecule has 0 aliphatic rings. The Morgan fingerprint density at radius 2 is 2.22 bits per heavy atom. The number of aliphatic imine (C=N–C) groups is 1. The van der Waals surface area contributed by atoms with Gasteiger partial charge in [0.15, 0.2) is 5.96 Å². The highest BCUT2D eigenvalue weighted by atomic mass is 127. The van der Waals surface area contributed by atoms with E-state index in [1.807, 2.05) is 30.9 Å². The number of halogens is 1. The van der Waals surface area contributed by atoms with Crippen molar-refractivity contribution in [2.45, 2.75) is 40.0 Å². The second-order valence-corrected chi connectivity index (χ2v) is 7.33. The van der Waals surface area contributed by atoms with Gasteiger partial charge >= 0.3 is 0 Å². The molecule has 2 rings (SSSR count). The molecule has 2 aromatic heterocycles. The Bertz CT molecular complexity index is 675. The van der Waals surface area contributed by atoms with Crippen molar-refractivity contribution in [1.82, 2.24) is 25.0 Å². The number of hydrogen-bond acceptors (Lipinski definition) is 5. The minimum atomic E-state index is 0. The van der Waals surface area contributed by atoms with Crippen LogP contribution < -0.4 is 5.32 Å². The van der Waals surface area contributed by atoms with E-state index in [9.17, 15) is 0 Å². The van der Waals surface area contributed by atoms with Gasteiger partial charge in [-0.15, -0.1) is 35.3 Å². The van der Waals surface area contributed by atoms with Crippen LogP contribution in [0.5, 0.6) is 0 Å². The Balaban J connectivity index is 0.00000364. The zero-order chi connectivity index (χ0) is 18.9. The van der Waals surface area contributed by atoms with Crippen LogP contribution in [-0.2, 0) is 17.8 Å². The first kappa shape index (κ1) is 23.8. The summed E-state index contributed by atoms with van der Waals surface area (Å²) in [5.41, 5.74) is 1.03. The summed E-state index contributed by atoms with van der Waals surface area (Å²) in [7, 11) is 3.75. The van der Waals surface area contributed by atoms with Crippen molar-refractivity contribution in [2.75, 3.05) is 27.2 Å². The van der Waals surface area contributed by atoms with Crippen LogP contribution in [-0.4, -0.2) is 52.9 Å². The van der Waals surface area contributed by atoms with E-state index >= 15 is 0 Å². The maximum Gasteiger partial charge on any atom is 0.194 e. The van der Waals surface area contributed by atoms with Crippen molar-refractivity contribution in [3.05, 3.63) is 34.5 Å². The summed E-state index contributed by atoms with van der Waals surface area (Å²) >= 11 is 1.64. The van der Waals surface area contributed by atoms with Crippen molar-refractivity contribution >= 4 is 41.3 Å². The molecular formula is C18H31IN6OS. The maximum atomic E-state index is 5.34. The van der Waals surface area contributed by atoms with E-state index in [0.29, 0.717) is 12.5 Å². The molecule has 152 valence electrons. The van der Waals surface area contributed by atoms with E-state index in [1.54, 1.807) is 24.6 Å². The molecule has 2 atom stereocenters. The summed E-state index contributed by atoms with van der Waals surface area (Å²) in [5.74, 6) is 1.31. The minimum Gasteiger partial charge on any atom is -0.375 e. The van der Waals surface area contributed by atoms with Gasteiger partial charge in [0.1, 0.15) is 11.1 Å². The number of nitrogens with zero attached hydrogens (tertiary/aromatic N) is 5. The van der Waals surface area contributed by atoms with Crippen LogP contribution in [0.15, 0.2) is 28.8 Å². The summed E-state index contributed by atoms with van der Waals surface area (Å²) in [5, 5.41) is 10.7. The Kier molecular flexibility index (Phi) is 10.9. The highest BCUT2D eigenvalue weighted by Gasteiger charge is 2.13. The molecule has 0 saturated carbocycles. The van der Waals surface area contributed by atoms with Crippen molar-refractivity contribution in [3.63, 3.8) is 0 Å². The zero-order valence-electron chi connectivity index (χ0n) is 16.8. The second-order valence-electron chi connectivity index (χ2n) is 6.44. The van der Waals surface area contributed by atoms with Crippen LogP contribution in [0.25, 0.3) is 0 Å². The van der Waals surface area contributed by atoms with Crippen molar-refractivity contribution in [2.24, 2.45) is 10.9 Å². The second kappa shape index (κ2) is 12.3. The lowest BCUT2D eigenvalue weighted by atomic mass is 10.2. The quantitative estimate of drug-likeness (QED) is 0.321. The molecule has 0 aromatic carbocycles. The lowest BCUT2D eigenvalue weighted by Gasteiger charge is -2.22. The molecule has 2 heterocycles. The highest BCUT2D eigenvalue weighted by Crippen LogP contribution is 2.20. The fraction of sp³-hybridized carbons (Fsp3) is 0.611. The van der Waals surface area contributed by atoms with Crippen LogP contribution in [0, 0.1) is 5.92 Å². The van der Waals surface area contributed by atoms with Crippen LogP contribution in [0.3, 0.4) is 0 Å². The first-order valence-corrected chi connectivity index (χ1v) is 9.85. The average molecular weight is 506 g/mol. The van der Waals surface area contributed by atoms with Crippen LogP contribution in [0.2, 0.25) is 0 Å². The van der Waals surface area contributed by atoms with Crippen molar-refractivity contribution < 1.29 is 4.74 Å². The SMILES string of the molecule is CCNC(=NCC(C)Cn1cccn1)N(C)Cc1csc(C(C)OC)n1.I. The standard InChI is InChI=1S/C18H30N6OS.HI/c1-6-19-18(20-10-14(2)11-24-9-7-8-21-24)23(4)12-16-13-26-17(22-16)15(3)25-5;/h7-9,13-15H,6,10-12H2,1-5H3,(H,19,20);1H. The number of aromatic nitrogens is 3. The number of rotatable bonds is 9. The Labute approximate surface area is 183 Å². The number of nitrogens with one attached hydrogen (secondary N) is 1. The fourth-order valence-electron chi connectivity index (χ4n) is 2.50. The third-order valence-electron chi connectivity index (χ3n) is 3.98. The molecule has 0 aliphatic carbocycles. The number of methoxy groups -OCH3 is 1.